The third kappa shape index (κ3) is 2.24. The fourth-order valence-corrected chi connectivity index (χ4v) is 2.07. The number of carbonyl (C=O) groups is 1. The number of aryl methyl sites for hydroxylation is 1. The van der Waals surface area contributed by atoms with Gasteiger partial charge in [0.2, 0.25) is 0 Å². The molecule has 2 heterocycles. The minimum atomic E-state index is -0.237. The lowest BCUT2D eigenvalue weighted by Gasteiger charge is -2.15. The molecular weight excluding hydrogens is 218 g/mol. The van der Waals surface area contributed by atoms with E-state index in [1.54, 1.807) is 11.8 Å². The number of aromatic nitrogens is 1. The largest absolute Gasteiger partial charge is 0.364 e. The Kier molecular flexibility index (Phi) is 3.02. The maximum atomic E-state index is 12.1. The molecule has 1 aromatic rings. The summed E-state index contributed by atoms with van der Waals surface area (Å²) in [5.41, 5.74) is 6.57. The van der Waals surface area contributed by atoms with Crippen molar-refractivity contribution < 1.29 is 4.79 Å². The highest BCUT2D eigenvalue weighted by Gasteiger charge is 2.31. The molecule has 0 radical (unpaired) electrons. The van der Waals surface area contributed by atoms with Gasteiger partial charge < -0.3 is 15.6 Å². The van der Waals surface area contributed by atoms with E-state index in [-0.39, 0.29) is 28.9 Å². The number of pyridine rings is 1. The average Bonchev–Trinajstić information content (AvgIpc) is 2.58. The molecule has 1 amide bonds. The Hall–Kier alpha value is -1.62. The van der Waals surface area contributed by atoms with Crippen molar-refractivity contribution in [2.75, 3.05) is 13.1 Å². The van der Waals surface area contributed by atoms with Crippen LogP contribution in [0.4, 0.5) is 0 Å². The highest BCUT2D eigenvalue weighted by Crippen LogP contribution is 2.16. The summed E-state index contributed by atoms with van der Waals surface area (Å²) in [6.07, 6.45) is 1.48. The topological polar surface area (TPSA) is 79.2 Å². The molecule has 3 N–H and O–H groups in total. The predicted octanol–water partition coefficient (Wildman–Crippen LogP) is 0.103. The number of likely N-dealkylation sites (tertiary alicyclic amines) is 1. The Labute approximate surface area is 99.6 Å². The van der Waals surface area contributed by atoms with E-state index in [0.29, 0.717) is 13.1 Å². The maximum Gasteiger partial charge on any atom is 0.259 e. The van der Waals surface area contributed by atoms with Gasteiger partial charge in [0.05, 0.1) is 0 Å². The van der Waals surface area contributed by atoms with Crippen molar-refractivity contribution in [2.24, 2.45) is 11.7 Å². The van der Waals surface area contributed by atoms with Crippen LogP contribution in [0.1, 0.15) is 23.0 Å². The first-order valence-corrected chi connectivity index (χ1v) is 5.73. The fraction of sp³-hybridized carbons (Fsp3) is 0.500. The SMILES string of the molecule is Cc1cc(=O)c(C(=O)N2CC(C)C(N)C2)c[nH]1. The molecule has 5 nitrogen and oxygen atoms in total. The Balaban J connectivity index is 2.24. The van der Waals surface area contributed by atoms with Gasteiger partial charge in [-0.3, -0.25) is 9.59 Å². The number of amides is 1. The summed E-state index contributed by atoms with van der Waals surface area (Å²) in [5, 5.41) is 0. The van der Waals surface area contributed by atoms with Crippen molar-refractivity contribution in [1.29, 1.82) is 0 Å². The van der Waals surface area contributed by atoms with Gasteiger partial charge in [0.25, 0.3) is 5.91 Å². The van der Waals surface area contributed by atoms with Gasteiger partial charge in [-0.15, -0.1) is 0 Å². The number of nitrogens with zero attached hydrogens (tertiary/aromatic N) is 1. The van der Waals surface area contributed by atoms with Gasteiger partial charge in [0, 0.05) is 37.1 Å². The zero-order chi connectivity index (χ0) is 12.6. The fourth-order valence-electron chi connectivity index (χ4n) is 2.07. The number of nitrogens with one attached hydrogen (secondary N) is 1. The molecule has 5 heteroatoms. The third-order valence-corrected chi connectivity index (χ3v) is 3.25. The number of hydrogen-bond acceptors (Lipinski definition) is 3. The quantitative estimate of drug-likeness (QED) is 0.724. The van der Waals surface area contributed by atoms with Gasteiger partial charge >= 0.3 is 0 Å². The van der Waals surface area contributed by atoms with Crippen LogP contribution < -0.4 is 11.2 Å². The van der Waals surface area contributed by atoms with E-state index < -0.39 is 0 Å². The second-order valence-corrected chi connectivity index (χ2v) is 4.75. The van der Waals surface area contributed by atoms with Crippen LogP contribution in [0.2, 0.25) is 0 Å². The van der Waals surface area contributed by atoms with Gasteiger partial charge in [-0.2, -0.15) is 0 Å². The highest BCUT2D eigenvalue weighted by molar-refractivity contribution is 5.94. The maximum absolute atomic E-state index is 12.1. The predicted molar refractivity (Wildman–Crippen MR) is 64.8 cm³/mol. The normalized spacial score (nSPS) is 24.1. The van der Waals surface area contributed by atoms with Crippen LogP contribution in [0.3, 0.4) is 0 Å². The lowest BCUT2D eigenvalue weighted by atomic mass is 10.1. The van der Waals surface area contributed by atoms with Crippen LogP contribution >= 0.6 is 0 Å². The van der Waals surface area contributed by atoms with Crippen LogP contribution in [0, 0.1) is 12.8 Å². The van der Waals surface area contributed by atoms with Crippen molar-refractivity contribution in [3.8, 4) is 0 Å². The molecule has 17 heavy (non-hydrogen) atoms. The van der Waals surface area contributed by atoms with E-state index in [2.05, 4.69) is 4.98 Å². The van der Waals surface area contributed by atoms with E-state index in [0.717, 1.165) is 5.69 Å². The second kappa shape index (κ2) is 4.33. The van der Waals surface area contributed by atoms with E-state index >= 15 is 0 Å². The van der Waals surface area contributed by atoms with Crippen LogP contribution in [0.5, 0.6) is 0 Å². The molecule has 1 saturated heterocycles. The zero-order valence-electron chi connectivity index (χ0n) is 10.1. The van der Waals surface area contributed by atoms with Crippen molar-refractivity contribution in [2.45, 2.75) is 19.9 Å². The lowest BCUT2D eigenvalue weighted by Crippen LogP contribution is -2.34. The molecule has 2 atom stereocenters. The van der Waals surface area contributed by atoms with Gasteiger partial charge in [0.15, 0.2) is 5.43 Å². The Morgan fingerprint density at radius 3 is 2.76 bits per heavy atom. The van der Waals surface area contributed by atoms with Crippen LogP contribution in [-0.2, 0) is 0 Å². The van der Waals surface area contributed by atoms with Gasteiger partial charge in [-0.05, 0) is 12.8 Å². The molecule has 1 fully saturated rings. The van der Waals surface area contributed by atoms with E-state index in [4.69, 9.17) is 5.73 Å². The van der Waals surface area contributed by atoms with Gasteiger partial charge in [0.1, 0.15) is 5.56 Å². The minimum Gasteiger partial charge on any atom is -0.364 e. The van der Waals surface area contributed by atoms with Crippen molar-refractivity contribution in [1.82, 2.24) is 9.88 Å². The van der Waals surface area contributed by atoms with Crippen LogP contribution in [0.15, 0.2) is 17.1 Å². The second-order valence-electron chi connectivity index (χ2n) is 4.75. The number of carbonyl (C=O) groups excluding carboxylic acids is 1. The zero-order valence-corrected chi connectivity index (χ0v) is 10.1. The molecule has 0 bridgehead atoms. The summed E-state index contributed by atoms with van der Waals surface area (Å²) in [4.78, 5) is 28.4. The standard InChI is InChI=1S/C12H17N3O2/c1-7-5-15(6-10(7)13)12(17)9-4-14-8(2)3-11(9)16/h3-4,7,10H,5-6,13H2,1-2H3,(H,14,16). The highest BCUT2D eigenvalue weighted by atomic mass is 16.2. The molecule has 1 aliphatic rings. The summed E-state index contributed by atoms with van der Waals surface area (Å²) >= 11 is 0. The molecule has 0 spiro atoms. The summed E-state index contributed by atoms with van der Waals surface area (Å²) in [6.45, 7) is 4.93. The summed E-state index contributed by atoms with van der Waals surface area (Å²) in [5.74, 6) is 0.0505. The number of H-pyrrole nitrogens is 1. The number of hydrogen-bond donors (Lipinski definition) is 2. The van der Waals surface area contributed by atoms with Crippen molar-refractivity contribution in [3.63, 3.8) is 0 Å². The molecule has 0 aromatic carbocycles. The van der Waals surface area contributed by atoms with E-state index in [1.165, 1.54) is 12.3 Å². The molecular formula is C12H17N3O2. The molecule has 1 aliphatic heterocycles. The van der Waals surface area contributed by atoms with E-state index in [9.17, 15) is 9.59 Å². The molecule has 92 valence electrons. The van der Waals surface area contributed by atoms with Crippen LogP contribution in [0.25, 0.3) is 0 Å². The molecule has 2 unspecified atom stereocenters. The van der Waals surface area contributed by atoms with Gasteiger partial charge in [-0.25, -0.2) is 0 Å². The van der Waals surface area contributed by atoms with Crippen molar-refractivity contribution in [3.05, 3.63) is 33.7 Å². The number of rotatable bonds is 1. The first-order valence-electron chi connectivity index (χ1n) is 5.73. The minimum absolute atomic E-state index is 0.00322. The molecule has 2 rings (SSSR count). The molecule has 0 saturated carbocycles. The first kappa shape index (κ1) is 11.9. The first-order chi connectivity index (χ1) is 7.99. The number of aromatic amines is 1. The average molecular weight is 235 g/mol. The molecule has 0 aliphatic carbocycles. The van der Waals surface area contributed by atoms with E-state index in [1.807, 2.05) is 6.92 Å². The summed E-state index contributed by atoms with van der Waals surface area (Å²) in [6, 6.07) is 1.44. The Morgan fingerprint density at radius 2 is 2.24 bits per heavy atom. The molecule has 1 aromatic heterocycles. The van der Waals surface area contributed by atoms with Crippen LogP contribution in [-0.4, -0.2) is 34.9 Å². The Morgan fingerprint density at radius 1 is 1.53 bits per heavy atom. The summed E-state index contributed by atoms with van der Waals surface area (Å²) < 4.78 is 0. The Bertz CT molecular complexity index is 485. The van der Waals surface area contributed by atoms with Crippen molar-refractivity contribution >= 4 is 5.91 Å². The smallest absolute Gasteiger partial charge is 0.259 e. The summed E-state index contributed by atoms with van der Waals surface area (Å²) in [7, 11) is 0. The number of nitrogens with two attached hydrogens (primary N) is 1. The monoisotopic (exact) mass is 235 g/mol. The lowest BCUT2D eigenvalue weighted by molar-refractivity contribution is 0.0785. The van der Waals surface area contributed by atoms with Gasteiger partial charge in [-0.1, -0.05) is 6.92 Å². The third-order valence-electron chi connectivity index (χ3n) is 3.25.